The summed E-state index contributed by atoms with van der Waals surface area (Å²) in [5.41, 5.74) is 3.57. The summed E-state index contributed by atoms with van der Waals surface area (Å²) in [4.78, 5) is 19.6. The van der Waals surface area contributed by atoms with E-state index in [0.29, 0.717) is 56.6 Å². The van der Waals surface area contributed by atoms with Crippen LogP contribution < -0.4 is 4.74 Å². The van der Waals surface area contributed by atoms with Gasteiger partial charge in [0.05, 0.1) is 26.1 Å². The van der Waals surface area contributed by atoms with Gasteiger partial charge in [-0.1, -0.05) is 48.5 Å². The molecule has 1 aromatic heterocycles. The van der Waals surface area contributed by atoms with Gasteiger partial charge in [0, 0.05) is 51.0 Å². The van der Waals surface area contributed by atoms with Crippen molar-refractivity contribution in [2.75, 3.05) is 26.4 Å². The third-order valence-corrected chi connectivity index (χ3v) is 7.16. The third kappa shape index (κ3) is 7.80. The largest absolute Gasteiger partial charge is 0.493 e. The molecule has 0 saturated carbocycles. The summed E-state index contributed by atoms with van der Waals surface area (Å²) in [5, 5.41) is 0. The topological polar surface area (TPSA) is 65.8 Å². The average molecular weight is 558 g/mol. The minimum Gasteiger partial charge on any atom is -0.493 e. The maximum atomic E-state index is 15.1. The highest BCUT2D eigenvalue weighted by Gasteiger charge is 2.28. The lowest BCUT2D eigenvalue weighted by Crippen LogP contribution is -2.43. The first-order valence-electron chi connectivity index (χ1n) is 14.1. The third-order valence-electron chi connectivity index (χ3n) is 7.16. The van der Waals surface area contributed by atoms with Gasteiger partial charge in [-0.15, -0.1) is 0 Å². The van der Waals surface area contributed by atoms with Crippen molar-refractivity contribution in [2.24, 2.45) is 7.05 Å². The molecule has 7 nitrogen and oxygen atoms in total. The maximum Gasteiger partial charge on any atom is 0.274 e. The summed E-state index contributed by atoms with van der Waals surface area (Å²) in [6.07, 6.45) is 5.60. The minimum absolute atomic E-state index is 0.0279. The van der Waals surface area contributed by atoms with E-state index >= 15 is 4.39 Å². The van der Waals surface area contributed by atoms with Gasteiger partial charge in [0.2, 0.25) is 0 Å². The van der Waals surface area contributed by atoms with Crippen LogP contribution in [0.3, 0.4) is 0 Å². The lowest BCUT2D eigenvalue weighted by molar-refractivity contribution is 0.0264. The van der Waals surface area contributed by atoms with Gasteiger partial charge >= 0.3 is 0 Å². The molecule has 1 amide bonds. The monoisotopic (exact) mass is 557 g/mol. The zero-order valence-electron chi connectivity index (χ0n) is 23.4. The predicted molar refractivity (Wildman–Crippen MR) is 155 cm³/mol. The van der Waals surface area contributed by atoms with E-state index in [1.807, 2.05) is 72.6 Å². The highest BCUT2D eigenvalue weighted by molar-refractivity contribution is 5.92. The van der Waals surface area contributed by atoms with Crippen LogP contribution in [0.2, 0.25) is 0 Å². The zero-order chi connectivity index (χ0) is 28.4. The first kappa shape index (κ1) is 28.5. The molecule has 0 unspecified atom stereocenters. The number of carbonyl (C=O) groups excluding carboxylic acids is 1. The maximum absolute atomic E-state index is 15.1. The van der Waals surface area contributed by atoms with Gasteiger partial charge in [-0.3, -0.25) is 4.79 Å². The highest BCUT2D eigenvalue weighted by atomic mass is 19.1. The van der Waals surface area contributed by atoms with Crippen molar-refractivity contribution < 1.29 is 23.4 Å². The Morgan fingerprint density at radius 1 is 1.02 bits per heavy atom. The summed E-state index contributed by atoms with van der Waals surface area (Å²) < 4.78 is 34.0. The van der Waals surface area contributed by atoms with Crippen molar-refractivity contribution in [3.8, 4) is 16.9 Å². The molecule has 1 saturated heterocycles. The molecule has 214 valence electrons. The fourth-order valence-corrected chi connectivity index (χ4v) is 4.99. The number of imidazole rings is 1. The number of aryl methyl sites for hydroxylation is 1. The van der Waals surface area contributed by atoms with E-state index in [9.17, 15) is 4.79 Å². The van der Waals surface area contributed by atoms with Crippen molar-refractivity contribution in [2.45, 2.75) is 38.5 Å². The summed E-state index contributed by atoms with van der Waals surface area (Å²) in [6, 6.07) is 22.6. The smallest absolute Gasteiger partial charge is 0.274 e. The molecular weight excluding hydrogens is 521 g/mol. The van der Waals surface area contributed by atoms with Crippen LogP contribution in [0.25, 0.3) is 11.1 Å². The lowest BCUT2D eigenvalue weighted by atomic mass is 10.0. The van der Waals surface area contributed by atoms with Crippen LogP contribution in [0, 0.1) is 5.82 Å². The number of hydrogen-bond acceptors (Lipinski definition) is 5. The number of amides is 1. The molecule has 0 N–H and O–H groups in total. The number of ether oxygens (including phenoxy) is 3. The van der Waals surface area contributed by atoms with Gasteiger partial charge in [-0.2, -0.15) is 0 Å². The van der Waals surface area contributed by atoms with Crippen LogP contribution in [0.15, 0.2) is 85.3 Å². The Kier molecular flexibility index (Phi) is 9.78. The molecular formula is C33H36FN3O4. The predicted octanol–water partition coefficient (Wildman–Crippen LogP) is 6.03. The second kappa shape index (κ2) is 14.1. The van der Waals surface area contributed by atoms with Gasteiger partial charge < -0.3 is 23.7 Å². The quantitative estimate of drug-likeness (QED) is 0.199. The van der Waals surface area contributed by atoms with Crippen molar-refractivity contribution in [3.63, 3.8) is 0 Å². The van der Waals surface area contributed by atoms with Gasteiger partial charge in [0.15, 0.2) is 0 Å². The Morgan fingerprint density at radius 2 is 1.85 bits per heavy atom. The Hall–Kier alpha value is -4.01. The van der Waals surface area contributed by atoms with E-state index in [2.05, 4.69) is 4.98 Å². The van der Waals surface area contributed by atoms with E-state index in [1.54, 1.807) is 23.2 Å². The van der Waals surface area contributed by atoms with E-state index < -0.39 is 0 Å². The SMILES string of the molecule is Cn1cnc(C(=O)N(Cc2ccc(F)c(-c3cccc(OCCCOCc4ccccc4)c3)c2)C2CCOCC2)c1. The molecule has 1 aliphatic rings. The molecule has 0 aliphatic carbocycles. The number of carbonyl (C=O) groups is 1. The summed E-state index contributed by atoms with van der Waals surface area (Å²) in [7, 11) is 1.84. The summed E-state index contributed by atoms with van der Waals surface area (Å²) in [5.74, 6) is 0.213. The average Bonchev–Trinajstić information content (AvgIpc) is 3.45. The number of halogens is 1. The van der Waals surface area contributed by atoms with Crippen molar-refractivity contribution in [1.29, 1.82) is 0 Å². The van der Waals surface area contributed by atoms with Gasteiger partial charge in [0.1, 0.15) is 17.3 Å². The number of nitrogens with zero attached hydrogens (tertiary/aromatic N) is 3. The fourth-order valence-electron chi connectivity index (χ4n) is 4.99. The first-order chi connectivity index (χ1) is 20.1. The van der Waals surface area contributed by atoms with E-state index in [0.717, 1.165) is 36.0 Å². The van der Waals surface area contributed by atoms with E-state index in [1.165, 1.54) is 6.07 Å². The molecule has 3 aromatic carbocycles. The Bertz CT molecular complexity index is 1420. The number of benzene rings is 3. The Morgan fingerprint density at radius 3 is 2.63 bits per heavy atom. The normalized spacial score (nSPS) is 13.7. The van der Waals surface area contributed by atoms with Gasteiger partial charge in [-0.25, -0.2) is 9.37 Å². The van der Waals surface area contributed by atoms with Crippen molar-refractivity contribution >= 4 is 5.91 Å². The zero-order valence-corrected chi connectivity index (χ0v) is 23.4. The molecule has 1 aliphatic heterocycles. The summed E-state index contributed by atoms with van der Waals surface area (Å²) in [6.45, 7) is 3.23. The fraction of sp³-hybridized carbons (Fsp3) is 0.333. The minimum atomic E-state index is -0.325. The second-order valence-corrected chi connectivity index (χ2v) is 10.3. The standard InChI is InChI=1S/C33H36FN3O4/c1-36-22-32(35-24-36)33(38)37(28-13-17-39-18-14-28)21-26-11-12-31(34)30(19-26)27-9-5-10-29(20-27)41-16-6-15-40-23-25-7-3-2-4-8-25/h2-5,7-12,19-20,22,24,28H,6,13-18,21,23H2,1H3. The Balaban J connectivity index is 1.24. The van der Waals surface area contributed by atoms with Crippen LogP contribution in [0.5, 0.6) is 5.75 Å². The first-order valence-corrected chi connectivity index (χ1v) is 14.1. The van der Waals surface area contributed by atoms with Crippen LogP contribution in [0.1, 0.15) is 40.9 Å². The van der Waals surface area contributed by atoms with Gasteiger partial charge in [-0.05, 0) is 53.8 Å². The van der Waals surface area contributed by atoms with Crippen LogP contribution in [0.4, 0.5) is 4.39 Å². The molecule has 4 aromatic rings. The molecule has 0 bridgehead atoms. The highest BCUT2D eigenvalue weighted by Crippen LogP contribution is 2.29. The number of aromatic nitrogens is 2. The van der Waals surface area contributed by atoms with Crippen LogP contribution in [-0.2, 0) is 29.7 Å². The second-order valence-electron chi connectivity index (χ2n) is 10.3. The molecule has 41 heavy (non-hydrogen) atoms. The summed E-state index contributed by atoms with van der Waals surface area (Å²) >= 11 is 0. The van der Waals surface area contributed by atoms with Crippen LogP contribution >= 0.6 is 0 Å². The van der Waals surface area contributed by atoms with E-state index in [4.69, 9.17) is 14.2 Å². The van der Waals surface area contributed by atoms with Crippen LogP contribution in [-0.4, -0.2) is 52.8 Å². The molecule has 8 heteroatoms. The molecule has 0 radical (unpaired) electrons. The Labute approximate surface area is 240 Å². The number of rotatable bonds is 12. The molecule has 1 fully saturated rings. The molecule has 5 rings (SSSR count). The van der Waals surface area contributed by atoms with Gasteiger partial charge in [0.25, 0.3) is 5.91 Å². The van der Waals surface area contributed by atoms with E-state index in [-0.39, 0.29) is 17.8 Å². The molecule has 0 spiro atoms. The van der Waals surface area contributed by atoms with Crippen molar-refractivity contribution in [1.82, 2.24) is 14.5 Å². The number of hydrogen-bond donors (Lipinski definition) is 0. The lowest BCUT2D eigenvalue weighted by Gasteiger charge is -2.34. The molecule has 2 heterocycles. The molecule has 0 atom stereocenters. The van der Waals surface area contributed by atoms with Crippen molar-refractivity contribution in [3.05, 3.63) is 108 Å².